The third kappa shape index (κ3) is 4.11. The van der Waals surface area contributed by atoms with E-state index in [0.717, 1.165) is 11.1 Å². The molecule has 0 saturated carbocycles. The van der Waals surface area contributed by atoms with Gasteiger partial charge in [0, 0.05) is 5.69 Å². The summed E-state index contributed by atoms with van der Waals surface area (Å²) in [5, 5.41) is 22.3. The highest BCUT2D eigenvalue weighted by molar-refractivity contribution is 6.07. The van der Waals surface area contributed by atoms with Gasteiger partial charge < -0.3 is 20.1 Å². The third-order valence-electron chi connectivity index (χ3n) is 5.20. The fourth-order valence-electron chi connectivity index (χ4n) is 3.62. The lowest BCUT2D eigenvalue weighted by molar-refractivity contribution is -0.137. The van der Waals surface area contributed by atoms with Crippen molar-refractivity contribution in [2.45, 2.75) is 19.4 Å². The lowest BCUT2D eigenvalue weighted by Crippen LogP contribution is -2.14. The minimum atomic E-state index is -0.905. The van der Waals surface area contributed by atoms with Crippen LogP contribution in [0.2, 0.25) is 0 Å². The van der Waals surface area contributed by atoms with Gasteiger partial charge in [-0.25, -0.2) is 4.98 Å². The van der Waals surface area contributed by atoms with E-state index in [1.165, 1.54) is 0 Å². The number of imidazole rings is 1. The summed E-state index contributed by atoms with van der Waals surface area (Å²) in [5.41, 5.74) is 3.59. The quantitative estimate of drug-likeness (QED) is 0.434. The summed E-state index contributed by atoms with van der Waals surface area (Å²) >= 11 is 0. The van der Waals surface area contributed by atoms with E-state index >= 15 is 0 Å². The number of phenolic OH excluding ortho intramolecular Hbond substituents is 1. The lowest BCUT2D eigenvalue weighted by Gasteiger charge is -2.18. The number of carbonyl (C=O) groups excluding carboxylic acids is 1. The van der Waals surface area contributed by atoms with Crippen LogP contribution in [0.15, 0.2) is 73.1 Å². The number of aryl methyl sites for hydroxylation is 1. The van der Waals surface area contributed by atoms with Crippen LogP contribution < -0.4 is 5.32 Å². The molecule has 1 unspecified atom stereocenters. The van der Waals surface area contributed by atoms with Gasteiger partial charge in [-0.15, -0.1) is 0 Å². The second kappa shape index (κ2) is 8.31. The Labute approximate surface area is 178 Å². The van der Waals surface area contributed by atoms with E-state index in [2.05, 4.69) is 10.3 Å². The number of nitrogens with one attached hydrogen (secondary N) is 1. The molecule has 1 atom stereocenters. The molecule has 1 amide bonds. The molecule has 0 radical (unpaired) electrons. The summed E-state index contributed by atoms with van der Waals surface area (Å²) in [7, 11) is 0. The molecule has 7 nitrogen and oxygen atoms in total. The highest BCUT2D eigenvalue weighted by atomic mass is 16.4. The van der Waals surface area contributed by atoms with Crippen LogP contribution in [0.5, 0.6) is 5.75 Å². The van der Waals surface area contributed by atoms with Gasteiger partial charge in [0.05, 0.1) is 35.4 Å². The number of hydrogen-bond acceptors (Lipinski definition) is 4. The molecule has 4 aromatic rings. The average molecular weight is 415 g/mol. The fourth-order valence-corrected chi connectivity index (χ4v) is 3.62. The van der Waals surface area contributed by atoms with Crippen LogP contribution in [0.25, 0.3) is 11.0 Å². The van der Waals surface area contributed by atoms with Crippen molar-refractivity contribution in [2.24, 2.45) is 0 Å². The number of hydrogen-bond donors (Lipinski definition) is 3. The van der Waals surface area contributed by atoms with E-state index in [9.17, 15) is 19.8 Å². The van der Waals surface area contributed by atoms with Gasteiger partial charge in [-0.2, -0.15) is 0 Å². The molecular formula is C24H21N3O4. The zero-order valence-electron chi connectivity index (χ0n) is 16.8. The first kappa shape index (κ1) is 20.2. The Hall–Kier alpha value is -4.13. The van der Waals surface area contributed by atoms with Crippen molar-refractivity contribution >= 4 is 28.6 Å². The van der Waals surface area contributed by atoms with Gasteiger partial charge in [0.2, 0.25) is 0 Å². The van der Waals surface area contributed by atoms with Crippen LogP contribution in [0.1, 0.15) is 33.9 Å². The molecule has 1 aromatic heterocycles. The molecule has 31 heavy (non-hydrogen) atoms. The van der Waals surface area contributed by atoms with Crippen molar-refractivity contribution < 1.29 is 19.8 Å². The van der Waals surface area contributed by atoms with Crippen LogP contribution in [0.3, 0.4) is 0 Å². The topological polar surface area (TPSA) is 104 Å². The first-order valence-corrected chi connectivity index (χ1v) is 9.77. The van der Waals surface area contributed by atoms with Crippen LogP contribution >= 0.6 is 0 Å². The molecule has 0 fully saturated rings. The number of aromatic nitrogens is 2. The number of nitrogens with zero attached hydrogens (tertiary/aromatic N) is 2. The van der Waals surface area contributed by atoms with Crippen LogP contribution in [0, 0.1) is 6.92 Å². The molecule has 156 valence electrons. The fraction of sp³-hybridized carbons (Fsp3) is 0.125. The van der Waals surface area contributed by atoms with Crippen molar-refractivity contribution in [2.75, 3.05) is 5.32 Å². The molecule has 0 aliphatic heterocycles. The van der Waals surface area contributed by atoms with Gasteiger partial charge in [0.1, 0.15) is 5.75 Å². The molecule has 1 heterocycles. The molecule has 3 N–H and O–H groups in total. The first-order valence-electron chi connectivity index (χ1n) is 9.77. The summed E-state index contributed by atoms with van der Waals surface area (Å²) < 4.78 is 1.83. The molecule has 0 aliphatic rings. The molecule has 0 spiro atoms. The first-order chi connectivity index (χ1) is 14.9. The van der Waals surface area contributed by atoms with Crippen LogP contribution in [-0.4, -0.2) is 31.6 Å². The van der Waals surface area contributed by atoms with Crippen LogP contribution in [0.4, 0.5) is 5.69 Å². The Morgan fingerprint density at radius 2 is 1.84 bits per heavy atom. The Balaban J connectivity index is 1.65. The molecule has 0 aliphatic carbocycles. The standard InChI is InChI=1S/C24H21N3O4/c1-15-6-5-9-18(23(15)30)24(31)26-17-10-11-20-19(12-17)25-14-27(20)21(13-22(28)29)16-7-3-2-4-8-16/h2-12,14,21,30H,13H2,1H3,(H,26,31)(H,28,29). The van der Waals surface area contributed by atoms with Crippen molar-refractivity contribution in [3.63, 3.8) is 0 Å². The molecule has 4 rings (SSSR count). The molecule has 0 bridgehead atoms. The number of carboxylic acids is 1. The number of para-hydroxylation sites is 1. The molecule has 0 saturated heterocycles. The smallest absolute Gasteiger partial charge is 0.305 e. The summed E-state index contributed by atoms with van der Waals surface area (Å²) in [6.45, 7) is 1.73. The van der Waals surface area contributed by atoms with E-state index in [0.29, 0.717) is 16.8 Å². The van der Waals surface area contributed by atoms with Gasteiger partial charge in [-0.1, -0.05) is 42.5 Å². The monoisotopic (exact) mass is 415 g/mol. The molecular weight excluding hydrogens is 394 g/mol. The highest BCUT2D eigenvalue weighted by Crippen LogP contribution is 2.28. The number of anilines is 1. The number of benzene rings is 3. The number of aliphatic carboxylic acids is 1. The minimum absolute atomic E-state index is 0.0512. The number of fused-ring (bicyclic) bond motifs is 1. The maximum atomic E-state index is 12.6. The number of carboxylic acid groups (broad SMARTS) is 1. The van der Waals surface area contributed by atoms with E-state index < -0.39 is 17.9 Å². The summed E-state index contributed by atoms with van der Waals surface area (Å²) in [6, 6.07) is 19.2. The SMILES string of the molecule is Cc1cccc(C(=O)Nc2ccc3c(c2)ncn3C(CC(=O)O)c2ccccc2)c1O. The van der Waals surface area contributed by atoms with Gasteiger partial charge in [0.25, 0.3) is 5.91 Å². The number of aromatic hydroxyl groups is 1. The highest BCUT2D eigenvalue weighted by Gasteiger charge is 2.20. The molecule has 7 heteroatoms. The van der Waals surface area contributed by atoms with Gasteiger partial charge in [0.15, 0.2) is 0 Å². The van der Waals surface area contributed by atoms with Gasteiger partial charge >= 0.3 is 5.97 Å². The molecule has 3 aromatic carbocycles. The number of carbonyl (C=O) groups is 2. The van der Waals surface area contributed by atoms with E-state index in [1.54, 1.807) is 49.6 Å². The summed E-state index contributed by atoms with van der Waals surface area (Å²) in [4.78, 5) is 28.5. The van der Waals surface area contributed by atoms with Crippen molar-refractivity contribution in [1.82, 2.24) is 9.55 Å². The van der Waals surface area contributed by atoms with Crippen molar-refractivity contribution in [3.05, 3.63) is 89.7 Å². The second-order valence-corrected chi connectivity index (χ2v) is 7.30. The van der Waals surface area contributed by atoms with E-state index in [-0.39, 0.29) is 17.7 Å². The third-order valence-corrected chi connectivity index (χ3v) is 5.20. The number of rotatable bonds is 6. The van der Waals surface area contributed by atoms with Crippen molar-refractivity contribution in [3.8, 4) is 5.75 Å². The summed E-state index contributed by atoms with van der Waals surface area (Å²) in [5.74, 6) is -1.38. The largest absolute Gasteiger partial charge is 0.507 e. The Morgan fingerprint density at radius 1 is 1.06 bits per heavy atom. The Bertz CT molecular complexity index is 1260. The predicted molar refractivity (Wildman–Crippen MR) is 117 cm³/mol. The van der Waals surface area contributed by atoms with Crippen molar-refractivity contribution in [1.29, 1.82) is 0 Å². The zero-order chi connectivity index (χ0) is 22.0. The normalized spacial score (nSPS) is 11.9. The van der Waals surface area contributed by atoms with Crippen LogP contribution in [-0.2, 0) is 4.79 Å². The zero-order valence-corrected chi connectivity index (χ0v) is 16.8. The number of phenols is 1. The van der Waals surface area contributed by atoms with Gasteiger partial charge in [-0.05, 0) is 42.3 Å². The van der Waals surface area contributed by atoms with E-state index in [1.807, 2.05) is 34.9 Å². The predicted octanol–water partition coefficient (Wildman–Crippen LogP) is 4.37. The summed E-state index contributed by atoms with van der Waals surface area (Å²) in [6.07, 6.45) is 1.53. The Kier molecular flexibility index (Phi) is 5.41. The number of amides is 1. The maximum Gasteiger partial charge on any atom is 0.305 e. The second-order valence-electron chi connectivity index (χ2n) is 7.30. The Morgan fingerprint density at radius 3 is 2.58 bits per heavy atom. The maximum absolute atomic E-state index is 12.6. The minimum Gasteiger partial charge on any atom is -0.507 e. The van der Waals surface area contributed by atoms with Gasteiger partial charge in [-0.3, -0.25) is 9.59 Å². The average Bonchev–Trinajstić information content (AvgIpc) is 3.17. The lowest BCUT2D eigenvalue weighted by atomic mass is 10.0. The van der Waals surface area contributed by atoms with E-state index in [4.69, 9.17) is 0 Å².